The van der Waals surface area contributed by atoms with Crippen LogP contribution in [0, 0.1) is 5.92 Å². The van der Waals surface area contributed by atoms with Crippen LogP contribution in [0.15, 0.2) is 0 Å². The fourth-order valence-corrected chi connectivity index (χ4v) is 2.20. The highest BCUT2D eigenvalue weighted by molar-refractivity contribution is 6.53. The molecule has 0 nitrogen and oxygen atoms in total. The van der Waals surface area contributed by atoms with Gasteiger partial charge in [0.05, 0.1) is 0 Å². The molecule has 1 heteroatoms. The molecule has 0 aromatic rings. The van der Waals surface area contributed by atoms with Gasteiger partial charge in [-0.15, -0.1) is 0 Å². The lowest BCUT2D eigenvalue weighted by Crippen LogP contribution is -1.97. The Morgan fingerprint density at radius 2 is 1.80 bits per heavy atom. The molecule has 0 spiro atoms. The normalized spacial score (nSPS) is 46.3. The van der Waals surface area contributed by atoms with Gasteiger partial charge >= 0.3 is 0 Å². The predicted molar refractivity (Wildman–Crippen MR) is 45.5 cm³/mol. The molecule has 1 saturated carbocycles. The van der Waals surface area contributed by atoms with E-state index in [0.717, 1.165) is 17.6 Å². The van der Waals surface area contributed by atoms with Crippen molar-refractivity contribution in [3.63, 3.8) is 0 Å². The molecular formula is C9H16B. The minimum Gasteiger partial charge on any atom is -0.0727 e. The third-order valence-corrected chi connectivity index (χ3v) is 3.13. The van der Waals surface area contributed by atoms with E-state index >= 15 is 0 Å². The second-order valence-corrected chi connectivity index (χ2v) is 4.13. The molecule has 3 unspecified atom stereocenters. The first-order valence-electron chi connectivity index (χ1n) is 4.71. The average molecular weight is 135 g/mol. The minimum absolute atomic E-state index is 1.01. The van der Waals surface area contributed by atoms with E-state index in [2.05, 4.69) is 14.2 Å². The molecule has 0 N–H and O–H groups in total. The first-order valence-corrected chi connectivity index (χ1v) is 4.71. The van der Waals surface area contributed by atoms with Crippen LogP contribution >= 0.6 is 0 Å². The van der Waals surface area contributed by atoms with Crippen molar-refractivity contribution < 1.29 is 0 Å². The lowest BCUT2D eigenvalue weighted by Gasteiger charge is -2.14. The Labute approximate surface area is 64.6 Å². The van der Waals surface area contributed by atoms with Crippen molar-refractivity contribution in [3.05, 3.63) is 0 Å². The van der Waals surface area contributed by atoms with Gasteiger partial charge in [0.15, 0.2) is 0 Å². The second kappa shape index (κ2) is 2.60. The Morgan fingerprint density at radius 3 is 2.70 bits per heavy atom. The molecule has 0 aromatic carbocycles. The first-order chi connectivity index (χ1) is 4.86. The van der Waals surface area contributed by atoms with Crippen molar-refractivity contribution in [1.29, 1.82) is 0 Å². The van der Waals surface area contributed by atoms with Crippen LogP contribution < -0.4 is 0 Å². The Hall–Kier alpha value is 0.0649. The first kappa shape index (κ1) is 6.76. The van der Waals surface area contributed by atoms with Gasteiger partial charge in [0, 0.05) is 0 Å². The number of hydrogen-bond donors (Lipinski definition) is 0. The van der Waals surface area contributed by atoms with E-state index in [-0.39, 0.29) is 0 Å². The summed E-state index contributed by atoms with van der Waals surface area (Å²) in [5.41, 5.74) is 0. The maximum absolute atomic E-state index is 2.55. The molecule has 1 aliphatic carbocycles. The predicted octanol–water partition coefficient (Wildman–Crippen LogP) is 2.88. The standard InChI is InChI=1S/C9H16B/c1-7-3-2-4-8-9(10-8)6-5-7/h7-9H,2-6H2,1H3. The average Bonchev–Trinajstić information content (AvgIpc) is 2.59. The summed E-state index contributed by atoms with van der Waals surface area (Å²) >= 11 is 0. The Balaban J connectivity index is 1.83. The van der Waals surface area contributed by atoms with Crippen molar-refractivity contribution >= 4 is 7.28 Å². The lowest BCUT2D eigenvalue weighted by atomic mass is 9.93. The van der Waals surface area contributed by atoms with Crippen LogP contribution in [0.1, 0.15) is 39.0 Å². The van der Waals surface area contributed by atoms with E-state index in [4.69, 9.17) is 0 Å². The summed E-state index contributed by atoms with van der Waals surface area (Å²) in [6, 6.07) is 0. The third kappa shape index (κ3) is 1.38. The van der Waals surface area contributed by atoms with Crippen LogP contribution in [0.5, 0.6) is 0 Å². The molecule has 0 aromatic heterocycles. The van der Waals surface area contributed by atoms with Gasteiger partial charge in [0.25, 0.3) is 0 Å². The molecule has 10 heavy (non-hydrogen) atoms. The quantitative estimate of drug-likeness (QED) is 0.448. The summed E-state index contributed by atoms with van der Waals surface area (Å²) in [6.07, 6.45) is 7.44. The summed E-state index contributed by atoms with van der Waals surface area (Å²) in [4.78, 5) is 0. The molecule has 0 amide bonds. The van der Waals surface area contributed by atoms with Crippen LogP contribution in [-0.2, 0) is 0 Å². The van der Waals surface area contributed by atoms with Crippen LogP contribution in [0.4, 0.5) is 0 Å². The van der Waals surface area contributed by atoms with Gasteiger partial charge in [0.1, 0.15) is 7.28 Å². The van der Waals surface area contributed by atoms with Crippen LogP contribution in [0.25, 0.3) is 0 Å². The zero-order valence-electron chi connectivity index (χ0n) is 6.84. The summed E-state index contributed by atoms with van der Waals surface area (Å²) in [5.74, 6) is 3.10. The van der Waals surface area contributed by atoms with Gasteiger partial charge in [-0.05, 0) is 5.92 Å². The van der Waals surface area contributed by atoms with Crippen LogP contribution in [-0.4, -0.2) is 7.28 Å². The number of rotatable bonds is 0. The Kier molecular flexibility index (Phi) is 1.75. The fraction of sp³-hybridized carbons (Fsp3) is 1.00. The van der Waals surface area contributed by atoms with Gasteiger partial charge < -0.3 is 0 Å². The van der Waals surface area contributed by atoms with Crippen LogP contribution in [0.3, 0.4) is 0 Å². The van der Waals surface area contributed by atoms with E-state index in [9.17, 15) is 0 Å². The van der Waals surface area contributed by atoms with E-state index < -0.39 is 0 Å². The summed E-state index contributed by atoms with van der Waals surface area (Å²) < 4.78 is 0. The van der Waals surface area contributed by atoms with E-state index in [1.807, 2.05) is 0 Å². The monoisotopic (exact) mass is 135 g/mol. The van der Waals surface area contributed by atoms with Gasteiger partial charge in [0.2, 0.25) is 0 Å². The van der Waals surface area contributed by atoms with Crippen molar-refractivity contribution in [2.75, 3.05) is 0 Å². The summed E-state index contributed by atoms with van der Waals surface area (Å²) in [5, 5.41) is 0. The molecule has 1 saturated heterocycles. The van der Waals surface area contributed by atoms with E-state index in [1.165, 1.54) is 32.1 Å². The number of hydrogen-bond acceptors (Lipinski definition) is 0. The molecule has 2 aliphatic rings. The van der Waals surface area contributed by atoms with E-state index in [1.54, 1.807) is 0 Å². The smallest absolute Gasteiger partial charge is 0.0727 e. The van der Waals surface area contributed by atoms with Gasteiger partial charge in [-0.2, -0.15) is 0 Å². The zero-order valence-corrected chi connectivity index (χ0v) is 6.84. The summed E-state index contributed by atoms with van der Waals surface area (Å²) in [6.45, 7) is 2.41. The van der Waals surface area contributed by atoms with Gasteiger partial charge in [-0.1, -0.05) is 50.7 Å². The minimum atomic E-state index is 1.01. The fourth-order valence-electron chi connectivity index (χ4n) is 2.20. The van der Waals surface area contributed by atoms with Gasteiger partial charge in [-0.3, -0.25) is 0 Å². The Morgan fingerprint density at radius 1 is 1.00 bits per heavy atom. The molecule has 1 radical (unpaired) electrons. The van der Waals surface area contributed by atoms with Crippen molar-refractivity contribution in [1.82, 2.24) is 0 Å². The highest BCUT2D eigenvalue weighted by Gasteiger charge is 2.37. The highest BCUT2D eigenvalue weighted by atomic mass is 14.3. The molecule has 55 valence electrons. The maximum Gasteiger partial charge on any atom is 0.116 e. The van der Waals surface area contributed by atoms with E-state index in [0.29, 0.717) is 0 Å². The van der Waals surface area contributed by atoms with Crippen molar-refractivity contribution in [3.8, 4) is 0 Å². The molecule has 1 heterocycles. The molecule has 3 atom stereocenters. The maximum atomic E-state index is 2.55. The molecule has 0 bridgehead atoms. The second-order valence-electron chi connectivity index (χ2n) is 4.13. The Bertz CT molecular complexity index is 120. The molecule has 1 aliphatic heterocycles. The highest BCUT2D eigenvalue weighted by Crippen LogP contribution is 2.50. The zero-order chi connectivity index (χ0) is 6.97. The topological polar surface area (TPSA) is 0 Å². The van der Waals surface area contributed by atoms with Crippen molar-refractivity contribution in [2.45, 2.75) is 50.7 Å². The summed E-state index contributed by atoms with van der Waals surface area (Å²) in [7, 11) is 2.55. The molecule has 2 rings (SSSR count). The number of fused-ring (bicyclic) bond motifs is 1. The van der Waals surface area contributed by atoms with Crippen LogP contribution in [0.2, 0.25) is 11.6 Å². The third-order valence-electron chi connectivity index (χ3n) is 3.13. The lowest BCUT2D eigenvalue weighted by molar-refractivity contribution is 0.426. The molecule has 2 fully saturated rings. The van der Waals surface area contributed by atoms with Gasteiger partial charge in [-0.25, -0.2) is 0 Å². The largest absolute Gasteiger partial charge is 0.116 e. The SMILES string of the molecule is CC1CCCC2[B]C2CC1. The van der Waals surface area contributed by atoms with Crippen molar-refractivity contribution in [2.24, 2.45) is 5.92 Å². The molecular weight excluding hydrogens is 119 g/mol.